The second kappa shape index (κ2) is 8.64. The van der Waals surface area contributed by atoms with Crippen LogP contribution in [0.5, 0.6) is 5.75 Å². The highest BCUT2D eigenvalue weighted by molar-refractivity contribution is 8.01. The van der Waals surface area contributed by atoms with Crippen LogP contribution in [-0.4, -0.2) is 28.5 Å². The predicted octanol–water partition coefficient (Wildman–Crippen LogP) is 4.33. The predicted molar refractivity (Wildman–Crippen MR) is 102 cm³/mol. The molecule has 1 heterocycles. The summed E-state index contributed by atoms with van der Waals surface area (Å²) in [6, 6.07) is 17.6. The summed E-state index contributed by atoms with van der Waals surface area (Å²) in [7, 11) is 0. The average Bonchev–Trinajstić information content (AvgIpc) is 3.08. The van der Waals surface area contributed by atoms with Gasteiger partial charge in [-0.05, 0) is 17.4 Å². The standard InChI is InChI=1S/C18H17N3O2S2/c1-2-24-18-21-20-17(25-18)19-16(22)12-23-15-11-7-6-10-14(15)13-8-4-3-5-9-13/h3-11H,2,12H2,1H3,(H,19,20,22). The van der Waals surface area contributed by atoms with Crippen LogP contribution < -0.4 is 10.1 Å². The molecule has 0 aliphatic carbocycles. The lowest BCUT2D eigenvalue weighted by molar-refractivity contribution is -0.118. The smallest absolute Gasteiger partial charge is 0.264 e. The Labute approximate surface area is 154 Å². The van der Waals surface area contributed by atoms with Crippen LogP contribution >= 0.6 is 23.1 Å². The highest BCUT2D eigenvalue weighted by atomic mass is 32.2. The van der Waals surface area contributed by atoms with Crippen LogP contribution in [0.25, 0.3) is 11.1 Å². The zero-order valence-corrected chi connectivity index (χ0v) is 15.3. The SMILES string of the molecule is CCSc1nnc(NC(=O)COc2ccccc2-c2ccccc2)s1. The monoisotopic (exact) mass is 371 g/mol. The quantitative estimate of drug-likeness (QED) is 0.494. The van der Waals surface area contributed by atoms with Crippen molar-refractivity contribution in [3.63, 3.8) is 0 Å². The van der Waals surface area contributed by atoms with Crippen molar-refractivity contribution in [3.05, 3.63) is 54.6 Å². The second-order valence-electron chi connectivity index (χ2n) is 5.01. The van der Waals surface area contributed by atoms with Gasteiger partial charge in [0.25, 0.3) is 5.91 Å². The van der Waals surface area contributed by atoms with E-state index in [9.17, 15) is 4.79 Å². The summed E-state index contributed by atoms with van der Waals surface area (Å²) in [4.78, 5) is 12.1. The normalized spacial score (nSPS) is 10.4. The van der Waals surface area contributed by atoms with Gasteiger partial charge < -0.3 is 4.74 Å². The molecule has 3 rings (SSSR count). The number of rotatable bonds is 7. The molecule has 0 spiro atoms. The number of hydrogen-bond donors (Lipinski definition) is 1. The number of ether oxygens (including phenoxy) is 1. The number of thioether (sulfide) groups is 1. The fraction of sp³-hybridized carbons (Fsp3) is 0.167. The maximum atomic E-state index is 12.1. The first-order valence-electron chi connectivity index (χ1n) is 7.79. The maximum absolute atomic E-state index is 12.1. The molecule has 0 saturated carbocycles. The lowest BCUT2D eigenvalue weighted by Gasteiger charge is -2.11. The summed E-state index contributed by atoms with van der Waals surface area (Å²) in [6.45, 7) is 1.96. The van der Waals surface area contributed by atoms with E-state index >= 15 is 0 Å². The van der Waals surface area contributed by atoms with Gasteiger partial charge in [0.2, 0.25) is 5.13 Å². The van der Waals surface area contributed by atoms with Crippen LogP contribution in [0.15, 0.2) is 58.9 Å². The molecule has 0 aliphatic heterocycles. The first-order valence-corrected chi connectivity index (χ1v) is 9.60. The number of carbonyl (C=O) groups is 1. The van der Waals surface area contributed by atoms with Gasteiger partial charge in [0.05, 0.1) is 0 Å². The van der Waals surface area contributed by atoms with E-state index in [1.807, 2.05) is 61.5 Å². The minimum absolute atomic E-state index is 0.0836. The highest BCUT2D eigenvalue weighted by Crippen LogP contribution is 2.29. The van der Waals surface area contributed by atoms with Crippen molar-refractivity contribution < 1.29 is 9.53 Å². The number of amides is 1. The van der Waals surface area contributed by atoms with Crippen molar-refractivity contribution >= 4 is 34.1 Å². The Kier molecular flexibility index (Phi) is 6.03. The van der Waals surface area contributed by atoms with Crippen molar-refractivity contribution in [1.82, 2.24) is 10.2 Å². The molecule has 1 N–H and O–H groups in total. The van der Waals surface area contributed by atoms with E-state index in [4.69, 9.17) is 4.74 Å². The Morgan fingerprint density at radius 2 is 1.88 bits per heavy atom. The minimum atomic E-state index is -0.257. The van der Waals surface area contributed by atoms with E-state index < -0.39 is 0 Å². The van der Waals surface area contributed by atoms with Crippen molar-refractivity contribution in [3.8, 4) is 16.9 Å². The molecule has 3 aromatic rings. The molecule has 0 bridgehead atoms. The summed E-state index contributed by atoms with van der Waals surface area (Å²) in [5.74, 6) is 1.33. The molecule has 1 aromatic heterocycles. The Morgan fingerprint density at radius 3 is 2.68 bits per heavy atom. The van der Waals surface area contributed by atoms with E-state index in [0.29, 0.717) is 10.9 Å². The third-order valence-electron chi connectivity index (χ3n) is 3.25. The summed E-state index contributed by atoms with van der Waals surface area (Å²) >= 11 is 2.96. The molecular weight excluding hydrogens is 354 g/mol. The van der Waals surface area contributed by atoms with E-state index in [1.165, 1.54) is 11.3 Å². The number of benzene rings is 2. The van der Waals surface area contributed by atoms with E-state index in [1.54, 1.807) is 11.8 Å². The third kappa shape index (κ3) is 4.80. The van der Waals surface area contributed by atoms with Crippen LogP contribution in [0, 0.1) is 0 Å². The van der Waals surface area contributed by atoms with Crippen molar-refractivity contribution in [1.29, 1.82) is 0 Å². The van der Waals surface area contributed by atoms with Gasteiger partial charge in [-0.2, -0.15) is 0 Å². The van der Waals surface area contributed by atoms with Crippen LogP contribution in [-0.2, 0) is 4.79 Å². The van der Waals surface area contributed by atoms with Gasteiger partial charge in [-0.15, -0.1) is 10.2 Å². The Balaban J connectivity index is 1.62. The van der Waals surface area contributed by atoms with Crippen LogP contribution in [0.2, 0.25) is 0 Å². The van der Waals surface area contributed by atoms with Crippen LogP contribution in [0.1, 0.15) is 6.92 Å². The molecule has 128 valence electrons. The Morgan fingerprint density at radius 1 is 1.12 bits per heavy atom. The lowest BCUT2D eigenvalue weighted by atomic mass is 10.1. The number of carbonyl (C=O) groups excluding carboxylic acids is 1. The first-order chi connectivity index (χ1) is 12.3. The molecule has 0 fully saturated rings. The van der Waals surface area contributed by atoms with Crippen molar-refractivity contribution in [2.45, 2.75) is 11.3 Å². The molecule has 7 heteroatoms. The fourth-order valence-electron chi connectivity index (χ4n) is 2.19. The van der Waals surface area contributed by atoms with Gasteiger partial charge in [-0.1, -0.05) is 78.6 Å². The van der Waals surface area contributed by atoms with Crippen LogP contribution in [0.3, 0.4) is 0 Å². The molecule has 0 unspecified atom stereocenters. The number of nitrogens with zero attached hydrogens (tertiary/aromatic N) is 2. The molecule has 2 aromatic carbocycles. The Bertz CT molecular complexity index is 837. The fourth-order valence-corrected chi connectivity index (χ4v) is 3.85. The Hall–Kier alpha value is -2.38. The highest BCUT2D eigenvalue weighted by Gasteiger charge is 2.11. The molecule has 1 amide bonds. The molecular formula is C18H17N3O2S2. The van der Waals surface area contributed by atoms with Gasteiger partial charge in [-0.3, -0.25) is 10.1 Å². The minimum Gasteiger partial charge on any atom is -0.483 e. The number of aromatic nitrogens is 2. The number of hydrogen-bond acceptors (Lipinski definition) is 6. The van der Waals surface area contributed by atoms with Gasteiger partial charge >= 0.3 is 0 Å². The van der Waals surface area contributed by atoms with Crippen molar-refractivity contribution in [2.24, 2.45) is 0 Å². The van der Waals surface area contributed by atoms with E-state index in [0.717, 1.165) is 21.2 Å². The average molecular weight is 371 g/mol. The number of para-hydroxylation sites is 1. The number of nitrogens with one attached hydrogen (secondary N) is 1. The largest absolute Gasteiger partial charge is 0.483 e. The van der Waals surface area contributed by atoms with Crippen LogP contribution in [0.4, 0.5) is 5.13 Å². The zero-order valence-electron chi connectivity index (χ0n) is 13.6. The topological polar surface area (TPSA) is 64.1 Å². The summed E-state index contributed by atoms with van der Waals surface area (Å²) < 4.78 is 6.56. The molecule has 0 radical (unpaired) electrons. The third-order valence-corrected chi connectivity index (χ3v) is 5.11. The maximum Gasteiger partial charge on any atom is 0.264 e. The molecule has 0 atom stereocenters. The van der Waals surface area contributed by atoms with E-state index in [2.05, 4.69) is 15.5 Å². The zero-order chi connectivity index (χ0) is 17.5. The molecule has 5 nitrogen and oxygen atoms in total. The van der Waals surface area contributed by atoms with Gasteiger partial charge in [0.1, 0.15) is 5.75 Å². The van der Waals surface area contributed by atoms with E-state index in [-0.39, 0.29) is 12.5 Å². The number of anilines is 1. The summed E-state index contributed by atoms with van der Waals surface area (Å²) in [5, 5.41) is 11.2. The second-order valence-corrected chi connectivity index (χ2v) is 7.49. The molecule has 0 aliphatic rings. The van der Waals surface area contributed by atoms with Gasteiger partial charge in [0, 0.05) is 5.56 Å². The summed E-state index contributed by atoms with van der Waals surface area (Å²) in [5.41, 5.74) is 2.00. The van der Waals surface area contributed by atoms with Gasteiger partial charge in [-0.25, -0.2) is 0 Å². The first kappa shape index (κ1) is 17.4. The van der Waals surface area contributed by atoms with Gasteiger partial charge in [0.15, 0.2) is 10.9 Å². The lowest BCUT2D eigenvalue weighted by Crippen LogP contribution is -2.20. The summed E-state index contributed by atoms with van der Waals surface area (Å²) in [6.07, 6.45) is 0. The van der Waals surface area contributed by atoms with Crippen molar-refractivity contribution in [2.75, 3.05) is 17.7 Å². The molecule has 25 heavy (non-hydrogen) atoms. The molecule has 0 saturated heterocycles.